The maximum atomic E-state index is 12.1. The molecule has 0 aromatic carbocycles. The van der Waals surface area contributed by atoms with Crippen LogP contribution in [0.25, 0.3) is 0 Å². The molecule has 0 aliphatic carbocycles. The van der Waals surface area contributed by atoms with Gasteiger partial charge < -0.3 is 10.6 Å². The summed E-state index contributed by atoms with van der Waals surface area (Å²) in [6.07, 6.45) is 6.08. The number of nitrogens with one attached hydrogen (secondary N) is 3. The molecule has 0 unspecified atom stereocenters. The van der Waals surface area contributed by atoms with Gasteiger partial charge in [-0.15, -0.1) is 0 Å². The lowest BCUT2D eigenvalue weighted by Crippen LogP contribution is -2.24. The van der Waals surface area contributed by atoms with E-state index in [0.717, 1.165) is 18.5 Å². The van der Waals surface area contributed by atoms with Gasteiger partial charge in [-0.3, -0.25) is 9.89 Å². The van der Waals surface area contributed by atoms with Crippen LogP contribution < -0.4 is 10.6 Å². The van der Waals surface area contributed by atoms with Crippen molar-refractivity contribution in [3.8, 4) is 0 Å². The van der Waals surface area contributed by atoms with Gasteiger partial charge in [0.15, 0.2) is 0 Å². The minimum absolute atomic E-state index is 0.145. The molecular formula is C13H17N5O. The summed E-state index contributed by atoms with van der Waals surface area (Å²) in [6.45, 7) is 3.30. The minimum atomic E-state index is -0.145. The summed E-state index contributed by atoms with van der Waals surface area (Å²) in [4.78, 5) is 16.3. The van der Waals surface area contributed by atoms with Crippen molar-refractivity contribution in [2.45, 2.75) is 19.9 Å². The summed E-state index contributed by atoms with van der Waals surface area (Å²) in [7, 11) is 0. The van der Waals surface area contributed by atoms with Crippen LogP contribution in [0.3, 0.4) is 0 Å². The van der Waals surface area contributed by atoms with Gasteiger partial charge in [-0.05, 0) is 18.6 Å². The molecule has 0 radical (unpaired) electrons. The first-order valence-corrected chi connectivity index (χ1v) is 6.26. The lowest BCUT2D eigenvalue weighted by molar-refractivity contribution is 0.0951. The van der Waals surface area contributed by atoms with E-state index in [-0.39, 0.29) is 5.91 Å². The van der Waals surface area contributed by atoms with Crippen molar-refractivity contribution >= 4 is 11.7 Å². The Morgan fingerprint density at radius 3 is 3.11 bits per heavy atom. The van der Waals surface area contributed by atoms with Gasteiger partial charge in [0, 0.05) is 31.0 Å². The third kappa shape index (κ3) is 3.54. The molecule has 0 bridgehead atoms. The number of nitrogens with zero attached hydrogens (tertiary/aromatic N) is 2. The van der Waals surface area contributed by atoms with Crippen molar-refractivity contribution in [2.24, 2.45) is 0 Å². The average molecular weight is 259 g/mol. The van der Waals surface area contributed by atoms with E-state index in [0.29, 0.717) is 17.9 Å². The number of carbonyl (C=O) groups excluding carboxylic acids is 1. The maximum absolute atomic E-state index is 12.1. The Morgan fingerprint density at radius 2 is 2.37 bits per heavy atom. The molecule has 19 heavy (non-hydrogen) atoms. The number of amides is 1. The zero-order valence-electron chi connectivity index (χ0n) is 10.8. The number of rotatable bonds is 6. The highest BCUT2D eigenvalue weighted by molar-refractivity contribution is 5.98. The van der Waals surface area contributed by atoms with E-state index in [1.54, 1.807) is 30.7 Å². The number of hydrogen-bond donors (Lipinski definition) is 3. The molecule has 2 aromatic rings. The van der Waals surface area contributed by atoms with E-state index < -0.39 is 0 Å². The first kappa shape index (κ1) is 13.1. The first-order valence-electron chi connectivity index (χ1n) is 6.26. The molecule has 0 spiro atoms. The van der Waals surface area contributed by atoms with Crippen molar-refractivity contribution in [1.29, 1.82) is 0 Å². The summed E-state index contributed by atoms with van der Waals surface area (Å²) >= 11 is 0. The average Bonchev–Trinajstić information content (AvgIpc) is 2.96. The Morgan fingerprint density at radius 1 is 1.47 bits per heavy atom. The summed E-state index contributed by atoms with van der Waals surface area (Å²) in [5.74, 6) is 0.474. The third-order valence-corrected chi connectivity index (χ3v) is 2.60. The van der Waals surface area contributed by atoms with E-state index >= 15 is 0 Å². The van der Waals surface area contributed by atoms with Crippen LogP contribution in [0.4, 0.5) is 5.82 Å². The van der Waals surface area contributed by atoms with Gasteiger partial charge in [0.1, 0.15) is 5.82 Å². The number of aromatic amines is 1. The number of carbonyl (C=O) groups is 1. The van der Waals surface area contributed by atoms with E-state index in [1.165, 1.54) is 0 Å². The van der Waals surface area contributed by atoms with Crippen molar-refractivity contribution in [2.75, 3.05) is 11.9 Å². The zero-order chi connectivity index (χ0) is 13.5. The van der Waals surface area contributed by atoms with Crippen molar-refractivity contribution in [1.82, 2.24) is 20.5 Å². The summed E-state index contributed by atoms with van der Waals surface area (Å²) in [5, 5.41) is 12.5. The topological polar surface area (TPSA) is 82.7 Å². The highest BCUT2D eigenvalue weighted by Gasteiger charge is 2.11. The fourth-order valence-corrected chi connectivity index (χ4v) is 1.62. The monoisotopic (exact) mass is 259 g/mol. The predicted molar refractivity (Wildman–Crippen MR) is 72.8 cm³/mol. The fraction of sp³-hybridized carbons (Fsp3) is 0.308. The fourth-order valence-electron chi connectivity index (χ4n) is 1.62. The minimum Gasteiger partial charge on any atom is -0.369 e. The Labute approximate surface area is 111 Å². The first-order chi connectivity index (χ1) is 9.31. The zero-order valence-corrected chi connectivity index (χ0v) is 10.8. The van der Waals surface area contributed by atoms with Gasteiger partial charge in [-0.1, -0.05) is 6.92 Å². The highest BCUT2D eigenvalue weighted by Crippen LogP contribution is 2.11. The smallest absolute Gasteiger partial charge is 0.255 e. The Kier molecular flexibility index (Phi) is 4.49. The molecule has 6 nitrogen and oxygen atoms in total. The molecule has 0 atom stereocenters. The molecule has 100 valence electrons. The number of H-pyrrole nitrogens is 1. The van der Waals surface area contributed by atoms with Gasteiger partial charge in [-0.25, -0.2) is 4.98 Å². The van der Waals surface area contributed by atoms with Gasteiger partial charge in [0.05, 0.1) is 11.8 Å². The van der Waals surface area contributed by atoms with Crippen LogP contribution in [0, 0.1) is 0 Å². The normalized spacial score (nSPS) is 10.2. The van der Waals surface area contributed by atoms with Crippen LogP contribution in [0.5, 0.6) is 0 Å². The molecule has 3 N–H and O–H groups in total. The van der Waals surface area contributed by atoms with Crippen LogP contribution in [0.2, 0.25) is 0 Å². The van der Waals surface area contributed by atoms with E-state index in [1.807, 2.05) is 0 Å². The molecule has 0 saturated heterocycles. The quantitative estimate of drug-likeness (QED) is 0.735. The molecule has 2 rings (SSSR count). The molecule has 2 aromatic heterocycles. The maximum Gasteiger partial charge on any atom is 0.255 e. The van der Waals surface area contributed by atoms with E-state index in [4.69, 9.17) is 0 Å². The number of aromatic nitrogens is 3. The van der Waals surface area contributed by atoms with Crippen molar-refractivity contribution in [3.05, 3.63) is 41.9 Å². The van der Waals surface area contributed by atoms with E-state index in [9.17, 15) is 4.79 Å². The van der Waals surface area contributed by atoms with Gasteiger partial charge in [0.25, 0.3) is 5.91 Å². The van der Waals surface area contributed by atoms with Crippen molar-refractivity contribution < 1.29 is 4.79 Å². The molecule has 0 aliphatic heterocycles. The van der Waals surface area contributed by atoms with Crippen LogP contribution in [-0.4, -0.2) is 27.6 Å². The molecule has 0 saturated carbocycles. The second-order valence-corrected chi connectivity index (χ2v) is 4.12. The summed E-state index contributed by atoms with van der Waals surface area (Å²) < 4.78 is 0. The van der Waals surface area contributed by atoms with Crippen molar-refractivity contribution in [3.63, 3.8) is 0 Å². The van der Waals surface area contributed by atoms with Crippen LogP contribution in [-0.2, 0) is 6.54 Å². The largest absolute Gasteiger partial charge is 0.369 e. The number of anilines is 1. The SMILES string of the molecule is CCCNc1ncccc1C(=O)NCc1cn[nH]c1. The molecule has 1 amide bonds. The van der Waals surface area contributed by atoms with Crippen LogP contribution in [0.1, 0.15) is 29.3 Å². The summed E-state index contributed by atoms with van der Waals surface area (Å²) in [5.41, 5.74) is 1.49. The van der Waals surface area contributed by atoms with E-state index in [2.05, 4.69) is 32.7 Å². The molecule has 6 heteroatoms. The Hall–Kier alpha value is -2.37. The predicted octanol–water partition coefficient (Wildman–Crippen LogP) is 1.56. The summed E-state index contributed by atoms with van der Waals surface area (Å²) in [6, 6.07) is 3.51. The lowest BCUT2D eigenvalue weighted by atomic mass is 10.2. The van der Waals surface area contributed by atoms with Crippen LogP contribution in [0.15, 0.2) is 30.7 Å². The standard InChI is InChI=1S/C13H17N5O/c1-2-5-14-12-11(4-3-6-15-12)13(19)16-7-10-8-17-18-9-10/h3-4,6,8-9H,2,5,7H2,1H3,(H,14,15)(H,16,19)(H,17,18). The van der Waals surface area contributed by atoms with Crippen LogP contribution >= 0.6 is 0 Å². The molecule has 2 heterocycles. The molecule has 0 aliphatic rings. The van der Waals surface area contributed by atoms with Gasteiger partial charge >= 0.3 is 0 Å². The van der Waals surface area contributed by atoms with Gasteiger partial charge in [-0.2, -0.15) is 5.10 Å². The second-order valence-electron chi connectivity index (χ2n) is 4.12. The Bertz CT molecular complexity index is 524. The molecular weight excluding hydrogens is 242 g/mol. The number of pyridine rings is 1. The number of hydrogen-bond acceptors (Lipinski definition) is 4. The molecule has 0 fully saturated rings. The van der Waals surface area contributed by atoms with Gasteiger partial charge in [0.2, 0.25) is 0 Å². The third-order valence-electron chi connectivity index (χ3n) is 2.60. The Balaban J connectivity index is 2.01. The second kappa shape index (κ2) is 6.53. The highest BCUT2D eigenvalue weighted by atomic mass is 16.1. The lowest BCUT2D eigenvalue weighted by Gasteiger charge is -2.10.